The molecule has 0 atom stereocenters. The molecule has 0 unspecified atom stereocenters. The van der Waals surface area contributed by atoms with Gasteiger partial charge in [0.2, 0.25) is 11.8 Å². The summed E-state index contributed by atoms with van der Waals surface area (Å²) in [5.74, 6) is 0.377. The largest absolute Gasteiger partial charge is 0.486 e. The van der Waals surface area contributed by atoms with E-state index < -0.39 is 5.91 Å². The van der Waals surface area contributed by atoms with Gasteiger partial charge >= 0.3 is 0 Å². The van der Waals surface area contributed by atoms with Crippen LogP contribution in [0.1, 0.15) is 39.1 Å². The Morgan fingerprint density at radius 2 is 1.71 bits per heavy atom. The summed E-state index contributed by atoms with van der Waals surface area (Å²) < 4.78 is 10.9. The molecule has 2 aromatic rings. The highest BCUT2D eigenvalue weighted by Crippen LogP contribution is 2.31. The van der Waals surface area contributed by atoms with E-state index in [0.29, 0.717) is 48.8 Å². The number of hydrogen-bond donors (Lipinski definition) is 2. The second kappa shape index (κ2) is 9.03. The van der Waals surface area contributed by atoms with Crippen LogP contribution >= 0.6 is 0 Å². The van der Waals surface area contributed by atoms with Crippen molar-refractivity contribution in [2.45, 2.75) is 19.3 Å². The first-order valence-electron chi connectivity index (χ1n) is 9.11. The summed E-state index contributed by atoms with van der Waals surface area (Å²) in [6, 6.07) is 12.0. The Kier molecular flexibility index (Phi) is 6.26. The molecule has 0 aromatic heterocycles. The van der Waals surface area contributed by atoms with Crippen molar-refractivity contribution in [3.8, 4) is 11.5 Å². The van der Waals surface area contributed by atoms with Gasteiger partial charge in [-0.15, -0.1) is 0 Å². The lowest BCUT2D eigenvalue weighted by Gasteiger charge is -2.18. The van der Waals surface area contributed by atoms with Gasteiger partial charge in [0.1, 0.15) is 13.2 Å². The number of ether oxygens (including phenoxy) is 2. The molecule has 28 heavy (non-hydrogen) atoms. The van der Waals surface area contributed by atoms with Crippen LogP contribution in [0.15, 0.2) is 42.5 Å². The molecular weight excluding hydrogens is 360 g/mol. The Hall–Kier alpha value is -3.35. The first kappa shape index (κ1) is 19.4. The minimum absolute atomic E-state index is 0.106. The molecule has 1 heterocycles. The average Bonchev–Trinajstić information content (AvgIpc) is 2.72. The van der Waals surface area contributed by atoms with Crippen LogP contribution in [0.3, 0.4) is 0 Å². The van der Waals surface area contributed by atoms with Gasteiger partial charge in [0.25, 0.3) is 0 Å². The van der Waals surface area contributed by atoms with Crippen LogP contribution in [-0.4, -0.2) is 37.4 Å². The molecule has 3 N–H and O–H groups in total. The SMILES string of the molecule is NC(=O)c1cccc(CCNC(=O)CCC(=O)c2ccc3c(c2)OCCO3)c1. The van der Waals surface area contributed by atoms with Gasteiger partial charge in [-0.25, -0.2) is 0 Å². The van der Waals surface area contributed by atoms with Gasteiger partial charge in [-0.2, -0.15) is 0 Å². The summed E-state index contributed by atoms with van der Waals surface area (Å²) in [7, 11) is 0. The molecule has 0 spiro atoms. The summed E-state index contributed by atoms with van der Waals surface area (Å²) in [6.45, 7) is 1.36. The number of nitrogens with one attached hydrogen (secondary N) is 1. The second-order valence-electron chi connectivity index (χ2n) is 6.45. The third-order valence-corrected chi connectivity index (χ3v) is 4.39. The molecular formula is C21H22N2O5. The standard InChI is InChI=1S/C21H22N2O5/c22-21(26)16-3-1-2-14(12-16)8-9-23-20(25)7-5-17(24)15-4-6-18-19(13-15)28-11-10-27-18/h1-4,6,12-13H,5,7-11H2,(H2,22,26)(H,23,25). The number of hydrogen-bond acceptors (Lipinski definition) is 5. The highest BCUT2D eigenvalue weighted by atomic mass is 16.6. The van der Waals surface area contributed by atoms with Gasteiger partial charge in [-0.05, 0) is 42.3 Å². The number of amides is 2. The summed E-state index contributed by atoms with van der Waals surface area (Å²) in [5.41, 5.74) is 7.10. The molecule has 0 bridgehead atoms. The molecule has 0 fully saturated rings. The molecule has 2 aromatic carbocycles. The number of carbonyl (C=O) groups excluding carboxylic acids is 3. The minimum Gasteiger partial charge on any atom is -0.486 e. The predicted molar refractivity (Wildman–Crippen MR) is 103 cm³/mol. The molecule has 0 saturated heterocycles. The minimum atomic E-state index is -0.483. The molecule has 3 rings (SSSR count). The van der Waals surface area contributed by atoms with Gasteiger partial charge in [-0.1, -0.05) is 12.1 Å². The third kappa shape index (κ3) is 5.09. The van der Waals surface area contributed by atoms with Crippen molar-refractivity contribution in [1.29, 1.82) is 0 Å². The number of ketones is 1. The molecule has 0 saturated carbocycles. The quantitative estimate of drug-likeness (QED) is 0.678. The van der Waals surface area contributed by atoms with E-state index >= 15 is 0 Å². The number of nitrogens with two attached hydrogens (primary N) is 1. The Morgan fingerprint density at radius 3 is 2.50 bits per heavy atom. The first-order valence-corrected chi connectivity index (χ1v) is 9.11. The maximum absolute atomic E-state index is 12.3. The van der Waals surface area contributed by atoms with Crippen molar-refractivity contribution >= 4 is 17.6 Å². The zero-order valence-corrected chi connectivity index (χ0v) is 15.4. The number of Topliss-reactive ketones (excluding diaryl/α,β-unsaturated/α-hetero) is 1. The Labute approximate surface area is 162 Å². The van der Waals surface area contributed by atoms with Gasteiger partial charge in [0.15, 0.2) is 17.3 Å². The van der Waals surface area contributed by atoms with Crippen LogP contribution in [0.4, 0.5) is 0 Å². The second-order valence-corrected chi connectivity index (χ2v) is 6.45. The maximum Gasteiger partial charge on any atom is 0.248 e. The van der Waals surface area contributed by atoms with Crippen molar-refractivity contribution < 1.29 is 23.9 Å². The molecule has 0 aliphatic carbocycles. The van der Waals surface area contributed by atoms with Crippen LogP contribution in [0.25, 0.3) is 0 Å². The van der Waals surface area contributed by atoms with Crippen molar-refractivity contribution in [3.05, 3.63) is 59.2 Å². The Balaban J connectivity index is 1.43. The molecule has 7 heteroatoms. The van der Waals surface area contributed by atoms with Crippen molar-refractivity contribution in [2.24, 2.45) is 5.73 Å². The maximum atomic E-state index is 12.3. The van der Waals surface area contributed by atoms with Crippen molar-refractivity contribution in [3.63, 3.8) is 0 Å². The monoisotopic (exact) mass is 382 g/mol. The molecule has 0 radical (unpaired) electrons. The smallest absolute Gasteiger partial charge is 0.248 e. The van der Waals surface area contributed by atoms with Crippen LogP contribution in [-0.2, 0) is 11.2 Å². The summed E-state index contributed by atoms with van der Waals surface area (Å²) in [5, 5.41) is 2.78. The van der Waals surface area contributed by atoms with E-state index in [1.807, 2.05) is 6.07 Å². The molecule has 1 aliphatic heterocycles. The number of carbonyl (C=O) groups is 3. The number of benzene rings is 2. The van der Waals surface area contributed by atoms with Crippen LogP contribution in [0.5, 0.6) is 11.5 Å². The molecule has 7 nitrogen and oxygen atoms in total. The lowest BCUT2D eigenvalue weighted by atomic mass is 10.1. The summed E-state index contributed by atoms with van der Waals surface area (Å²) >= 11 is 0. The fourth-order valence-electron chi connectivity index (χ4n) is 2.90. The fraction of sp³-hybridized carbons (Fsp3) is 0.286. The normalized spacial score (nSPS) is 12.3. The van der Waals surface area contributed by atoms with E-state index in [9.17, 15) is 14.4 Å². The lowest BCUT2D eigenvalue weighted by molar-refractivity contribution is -0.121. The van der Waals surface area contributed by atoms with Gasteiger partial charge in [-0.3, -0.25) is 14.4 Å². The number of fused-ring (bicyclic) bond motifs is 1. The predicted octanol–water partition coefficient (Wildman–Crippen LogP) is 1.88. The highest BCUT2D eigenvalue weighted by molar-refractivity contribution is 5.98. The number of rotatable bonds is 8. The molecule has 2 amide bonds. The van der Waals surface area contributed by atoms with Crippen LogP contribution in [0.2, 0.25) is 0 Å². The third-order valence-electron chi connectivity index (χ3n) is 4.39. The molecule has 1 aliphatic rings. The van der Waals surface area contributed by atoms with Gasteiger partial charge in [0.05, 0.1) is 0 Å². The van der Waals surface area contributed by atoms with Crippen LogP contribution in [0, 0.1) is 0 Å². The summed E-state index contributed by atoms with van der Waals surface area (Å²) in [4.78, 5) is 35.5. The van der Waals surface area contributed by atoms with E-state index in [1.54, 1.807) is 36.4 Å². The lowest BCUT2D eigenvalue weighted by Crippen LogP contribution is -2.26. The van der Waals surface area contributed by atoms with Crippen LogP contribution < -0.4 is 20.5 Å². The van der Waals surface area contributed by atoms with Gasteiger partial charge in [0, 0.05) is 30.5 Å². The first-order chi connectivity index (χ1) is 13.5. The zero-order valence-electron chi connectivity index (χ0n) is 15.4. The van der Waals surface area contributed by atoms with E-state index in [-0.39, 0.29) is 24.5 Å². The topological polar surface area (TPSA) is 108 Å². The van der Waals surface area contributed by atoms with Gasteiger partial charge < -0.3 is 20.5 Å². The Morgan fingerprint density at radius 1 is 0.929 bits per heavy atom. The summed E-state index contributed by atoms with van der Waals surface area (Å²) in [6.07, 6.45) is 0.792. The number of primary amides is 1. The van der Waals surface area contributed by atoms with E-state index in [2.05, 4.69) is 5.32 Å². The van der Waals surface area contributed by atoms with E-state index in [0.717, 1.165) is 5.56 Å². The highest BCUT2D eigenvalue weighted by Gasteiger charge is 2.15. The fourth-order valence-corrected chi connectivity index (χ4v) is 2.90. The zero-order chi connectivity index (χ0) is 19.9. The molecule has 146 valence electrons. The van der Waals surface area contributed by atoms with Crippen molar-refractivity contribution in [2.75, 3.05) is 19.8 Å². The average molecular weight is 382 g/mol. The van der Waals surface area contributed by atoms with Crippen molar-refractivity contribution in [1.82, 2.24) is 5.32 Å². The van der Waals surface area contributed by atoms with E-state index in [1.165, 1.54) is 0 Å². The Bertz CT molecular complexity index is 894. The van der Waals surface area contributed by atoms with E-state index in [4.69, 9.17) is 15.2 Å².